The molecule has 0 fully saturated rings. The fourth-order valence-electron chi connectivity index (χ4n) is 2.21. The molecule has 0 saturated carbocycles. The predicted octanol–water partition coefficient (Wildman–Crippen LogP) is 4.47. The number of nitrogens with zero attached hydrogens (tertiary/aromatic N) is 2. The molecule has 0 spiro atoms. The van der Waals surface area contributed by atoms with Crippen LogP contribution in [0.5, 0.6) is 5.75 Å². The van der Waals surface area contributed by atoms with Gasteiger partial charge in [-0.05, 0) is 24.0 Å². The van der Waals surface area contributed by atoms with Crippen molar-refractivity contribution in [2.75, 3.05) is 0 Å². The number of nitriles is 1. The molecule has 0 saturated heterocycles. The van der Waals surface area contributed by atoms with E-state index in [1.165, 1.54) is 5.56 Å². The summed E-state index contributed by atoms with van der Waals surface area (Å²) in [7, 11) is 0. The summed E-state index contributed by atoms with van der Waals surface area (Å²) >= 11 is 1.58. The van der Waals surface area contributed by atoms with E-state index in [0.717, 1.165) is 27.7 Å². The van der Waals surface area contributed by atoms with E-state index in [1.807, 2.05) is 18.2 Å². The Hall–Kier alpha value is -1.86. The van der Waals surface area contributed by atoms with Crippen molar-refractivity contribution < 1.29 is 4.74 Å². The Kier molecular flexibility index (Phi) is 5.35. The standard InChI is InChI=1S/C17H20N2OS/c1-4-14-16(9-10-18)21-17(19-14)11-20-15-8-6-5-7-13(15)12(2)3/h5-8,12H,4,9,11H2,1-3H3. The maximum atomic E-state index is 8.85. The molecule has 0 N–H and O–H groups in total. The third-order valence-electron chi connectivity index (χ3n) is 3.29. The molecule has 0 atom stereocenters. The highest BCUT2D eigenvalue weighted by Gasteiger charge is 2.11. The number of thiazole rings is 1. The van der Waals surface area contributed by atoms with Crippen LogP contribution < -0.4 is 4.74 Å². The normalized spacial score (nSPS) is 10.6. The second-order valence-corrected chi connectivity index (χ2v) is 6.32. The van der Waals surface area contributed by atoms with Gasteiger partial charge in [0.25, 0.3) is 0 Å². The minimum absolute atomic E-state index is 0.429. The molecule has 0 unspecified atom stereocenters. The Morgan fingerprint density at radius 2 is 2.10 bits per heavy atom. The van der Waals surface area contributed by atoms with E-state index in [-0.39, 0.29) is 0 Å². The summed E-state index contributed by atoms with van der Waals surface area (Å²) in [5.41, 5.74) is 2.24. The van der Waals surface area contributed by atoms with Gasteiger partial charge in [-0.2, -0.15) is 5.26 Å². The van der Waals surface area contributed by atoms with Gasteiger partial charge >= 0.3 is 0 Å². The molecule has 0 aliphatic carbocycles. The summed E-state index contributed by atoms with van der Waals surface area (Å²) in [5, 5.41) is 9.79. The van der Waals surface area contributed by atoms with Gasteiger partial charge in [0, 0.05) is 4.88 Å². The van der Waals surface area contributed by atoms with Crippen molar-refractivity contribution in [3.05, 3.63) is 45.4 Å². The molecule has 1 heterocycles. The van der Waals surface area contributed by atoms with Crippen molar-refractivity contribution >= 4 is 11.3 Å². The van der Waals surface area contributed by atoms with Crippen LogP contribution >= 0.6 is 11.3 Å². The predicted molar refractivity (Wildman–Crippen MR) is 85.7 cm³/mol. The van der Waals surface area contributed by atoms with E-state index >= 15 is 0 Å². The first-order valence-corrected chi connectivity index (χ1v) is 8.03. The number of aryl methyl sites for hydroxylation is 1. The van der Waals surface area contributed by atoms with E-state index in [0.29, 0.717) is 18.9 Å². The molecule has 0 amide bonds. The maximum Gasteiger partial charge on any atom is 0.140 e. The van der Waals surface area contributed by atoms with E-state index < -0.39 is 0 Å². The lowest BCUT2D eigenvalue weighted by Gasteiger charge is -2.12. The number of hydrogen-bond donors (Lipinski definition) is 0. The van der Waals surface area contributed by atoms with Crippen LogP contribution in [0.4, 0.5) is 0 Å². The van der Waals surface area contributed by atoms with Crippen molar-refractivity contribution in [1.82, 2.24) is 4.98 Å². The number of hydrogen-bond acceptors (Lipinski definition) is 4. The summed E-state index contributed by atoms with van der Waals surface area (Å²) in [6.45, 7) is 6.85. The van der Waals surface area contributed by atoms with Crippen molar-refractivity contribution in [3.8, 4) is 11.8 Å². The molecular formula is C17H20N2OS. The van der Waals surface area contributed by atoms with Gasteiger partial charge in [-0.15, -0.1) is 11.3 Å². The molecule has 2 aromatic rings. The molecule has 0 bridgehead atoms. The summed E-state index contributed by atoms with van der Waals surface area (Å²) < 4.78 is 5.94. The summed E-state index contributed by atoms with van der Waals surface area (Å²) in [6, 6.07) is 10.3. The smallest absolute Gasteiger partial charge is 0.140 e. The van der Waals surface area contributed by atoms with Crippen LogP contribution in [0.2, 0.25) is 0 Å². The van der Waals surface area contributed by atoms with Crippen LogP contribution in [0, 0.1) is 11.3 Å². The second kappa shape index (κ2) is 7.24. The summed E-state index contributed by atoms with van der Waals surface area (Å²) in [6.07, 6.45) is 1.29. The van der Waals surface area contributed by atoms with Gasteiger partial charge in [-0.1, -0.05) is 39.0 Å². The van der Waals surface area contributed by atoms with Crippen LogP contribution in [0.3, 0.4) is 0 Å². The molecule has 1 aromatic heterocycles. The maximum absolute atomic E-state index is 8.85. The third kappa shape index (κ3) is 3.83. The van der Waals surface area contributed by atoms with E-state index in [9.17, 15) is 0 Å². The molecule has 1 aromatic carbocycles. The van der Waals surface area contributed by atoms with Gasteiger partial charge in [-0.3, -0.25) is 0 Å². The highest BCUT2D eigenvalue weighted by molar-refractivity contribution is 7.11. The Morgan fingerprint density at radius 3 is 2.76 bits per heavy atom. The van der Waals surface area contributed by atoms with Gasteiger partial charge < -0.3 is 4.74 Å². The lowest BCUT2D eigenvalue weighted by Crippen LogP contribution is -1.99. The van der Waals surface area contributed by atoms with E-state index in [2.05, 4.69) is 37.9 Å². The molecule has 0 aliphatic heterocycles. The number of aromatic nitrogens is 1. The zero-order chi connectivity index (χ0) is 15.2. The number of ether oxygens (including phenoxy) is 1. The van der Waals surface area contributed by atoms with Gasteiger partial charge in [0.2, 0.25) is 0 Å². The Bertz CT molecular complexity index is 640. The molecular weight excluding hydrogens is 280 g/mol. The first-order valence-electron chi connectivity index (χ1n) is 7.21. The van der Waals surface area contributed by atoms with Crippen LogP contribution in [0.25, 0.3) is 0 Å². The minimum atomic E-state index is 0.429. The fraction of sp³-hybridized carbons (Fsp3) is 0.412. The van der Waals surface area contributed by atoms with Crippen molar-refractivity contribution in [2.24, 2.45) is 0 Å². The Labute approximate surface area is 130 Å². The Balaban J connectivity index is 2.12. The molecule has 3 nitrogen and oxygen atoms in total. The van der Waals surface area contributed by atoms with Gasteiger partial charge in [0.05, 0.1) is 18.2 Å². The van der Waals surface area contributed by atoms with Crippen LogP contribution in [-0.2, 0) is 19.4 Å². The topological polar surface area (TPSA) is 45.9 Å². The van der Waals surface area contributed by atoms with Gasteiger partial charge in [0.1, 0.15) is 17.4 Å². The van der Waals surface area contributed by atoms with Crippen LogP contribution in [0.15, 0.2) is 24.3 Å². The summed E-state index contributed by atoms with van der Waals surface area (Å²) in [4.78, 5) is 5.64. The average molecular weight is 300 g/mol. The van der Waals surface area contributed by atoms with Gasteiger partial charge in [-0.25, -0.2) is 4.98 Å². The highest BCUT2D eigenvalue weighted by Crippen LogP contribution is 2.27. The molecule has 2 rings (SSSR count). The van der Waals surface area contributed by atoms with Crippen molar-refractivity contribution in [1.29, 1.82) is 5.26 Å². The lowest BCUT2D eigenvalue weighted by molar-refractivity contribution is 0.301. The third-order valence-corrected chi connectivity index (χ3v) is 4.36. The minimum Gasteiger partial charge on any atom is -0.486 e. The van der Waals surface area contributed by atoms with Crippen LogP contribution in [-0.4, -0.2) is 4.98 Å². The largest absolute Gasteiger partial charge is 0.486 e. The molecule has 0 aliphatic rings. The number of para-hydroxylation sites is 1. The van der Waals surface area contributed by atoms with Crippen molar-refractivity contribution in [3.63, 3.8) is 0 Å². The molecule has 0 radical (unpaired) electrons. The second-order valence-electron chi connectivity index (χ2n) is 5.15. The monoisotopic (exact) mass is 300 g/mol. The zero-order valence-corrected chi connectivity index (χ0v) is 13.5. The van der Waals surface area contributed by atoms with E-state index in [1.54, 1.807) is 11.3 Å². The quantitative estimate of drug-likeness (QED) is 0.790. The fourth-order valence-corrected chi connectivity index (χ4v) is 3.22. The lowest BCUT2D eigenvalue weighted by atomic mass is 10.0. The molecule has 110 valence electrons. The Morgan fingerprint density at radius 1 is 1.33 bits per heavy atom. The van der Waals surface area contributed by atoms with Gasteiger partial charge in [0.15, 0.2) is 0 Å². The summed E-state index contributed by atoms with van der Waals surface area (Å²) in [5.74, 6) is 1.35. The average Bonchev–Trinajstić information content (AvgIpc) is 2.88. The SMILES string of the molecule is CCc1nc(COc2ccccc2C(C)C)sc1CC#N. The first-order chi connectivity index (χ1) is 10.2. The van der Waals surface area contributed by atoms with Crippen molar-refractivity contribution in [2.45, 2.75) is 46.1 Å². The number of rotatable bonds is 6. The highest BCUT2D eigenvalue weighted by atomic mass is 32.1. The zero-order valence-electron chi connectivity index (χ0n) is 12.7. The first kappa shape index (κ1) is 15.5. The van der Waals surface area contributed by atoms with E-state index in [4.69, 9.17) is 10.00 Å². The molecule has 21 heavy (non-hydrogen) atoms. The molecule has 4 heteroatoms. The number of benzene rings is 1. The van der Waals surface area contributed by atoms with Crippen LogP contribution in [0.1, 0.15) is 47.8 Å².